The summed E-state index contributed by atoms with van der Waals surface area (Å²) >= 11 is 0. The fourth-order valence-corrected chi connectivity index (χ4v) is 6.26. The smallest absolute Gasteiger partial charge is 0.416 e. The Balaban J connectivity index is 1.28. The third kappa shape index (κ3) is 5.21. The summed E-state index contributed by atoms with van der Waals surface area (Å²) in [6, 6.07) is 12.2. The van der Waals surface area contributed by atoms with E-state index in [0.717, 1.165) is 22.0 Å². The fraction of sp³-hybridized carbons (Fsp3) is 0.259. The molecule has 0 amide bonds. The molecule has 0 N–H and O–H groups in total. The van der Waals surface area contributed by atoms with Crippen LogP contribution in [0.3, 0.4) is 0 Å². The number of hydrogen-bond acceptors (Lipinski definition) is 5. The van der Waals surface area contributed by atoms with Crippen molar-refractivity contribution in [3.63, 3.8) is 0 Å². The number of nitrogens with zero attached hydrogens (tertiary/aromatic N) is 2. The van der Waals surface area contributed by atoms with Crippen LogP contribution >= 0.6 is 0 Å². The van der Waals surface area contributed by atoms with Crippen LogP contribution in [0.2, 0.25) is 0 Å². The second-order valence-corrected chi connectivity index (χ2v) is 10.9. The molecule has 11 heteroatoms. The number of carbonyl (C=O) groups excluding carboxylic acids is 1. The van der Waals surface area contributed by atoms with Gasteiger partial charge in [0.25, 0.3) is 10.0 Å². The number of sulfonamides is 1. The molecule has 0 spiro atoms. The number of fused-ring (bicyclic) bond motifs is 1. The highest BCUT2D eigenvalue weighted by Crippen LogP contribution is 2.32. The number of pyridine rings is 1. The summed E-state index contributed by atoms with van der Waals surface area (Å²) in [6.45, 7) is 0.164. The maximum Gasteiger partial charge on any atom is 0.416 e. The van der Waals surface area contributed by atoms with Gasteiger partial charge in [-0.2, -0.15) is 17.5 Å². The van der Waals surface area contributed by atoms with Gasteiger partial charge in [-0.15, -0.1) is 0 Å². The largest absolute Gasteiger partial charge is 0.443 e. The van der Waals surface area contributed by atoms with E-state index < -0.39 is 33.6 Å². The van der Waals surface area contributed by atoms with Crippen molar-refractivity contribution >= 4 is 26.8 Å². The molecule has 2 aromatic carbocycles. The lowest BCUT2D eigenvalue weighted by Crippen LogP contribution is -2.40. The van der Waals surface area contributed by atoms with E-state index in [0.29, 0.717) is 35.9 Å². The number of aromatic nitrogens is 1. The molecule has 3 heterocycles. The highest BCUT2D eigenvalue weighted by Gasteiger charge is 2.40. The number of aryl methyl sites for hydroxylation is 1. The van der Waals surface area contributed by atoms with Gasteiger partial charge in [-0.3, -0.25) is 9.78 Å². The molecule has 1 aliphatic heterocycles. The van der Waals surface area contributed by atoms with Crippen LogP contribution < -0.4 is 0 Å². The molecule has 198 valence electrons. The number of benzene rings is 2. The third-order valence-corrected chi connectivity index (χ3v) is 8.35. The van der Waals surface area contributed by atoms with Crippen LogP contribution in [0.25, 0.3) is 22.2 Å². The molecule has 0 aliphatic carbocycles. The molecule has 0 saturated carbocycles. The Morgan fingerprint density at radius 3 is 2.55 bits per heavy atom. The SMILES string of the molecule is O=C(CCc1ccnc(-c2ccc(C(F)(F)F)cc2)c1)[C@@H]1CCCN1S(=O)(=O)c1cc2cc(F)ccc2o1. The van der Waals surface area contributed by atoms with Crippen LogP contribution in [0.5, 0.6) is 0 Å². The second-order valence-electron chi connectivity index (χ2n) is 9.11. The van der Waals surface area contributed by atoms with E-state index in [1.54, 1.807) is 12.1 Å². The molecule has 0 unspecified atom stereocenters. The first-order chi connectivity index (χ1) is 18.0. The number of hydrogen-bond donors (Lipinski definition) is 0. The van der Waals surface area contributed by atoms with Crippen molar-refractivity contribution in [3.8, 4) is 11.3 Å². The Kier molecular flexibility index (Phi) is 6.83. The Morgan fingerprint density at radius 2 is 1.82 bits per heavy atom. The van der Waals surface area contributed by atoms with Crippen molar-refractivity contribution < 1.29 is 35.2 Å². The predicted octanol–water partition coefficient (Wildman–Crippen LogP) is 6.01. The first-order valence-electron chi connectivity index (χ1n) is 11.9. The lowest BCUT2D eigenvalue weighted by Gasteiger charge is -2.21. The fourth-order valence-electron chi connectivity index (χ4n) is 4.63. The zero-order valence-corrected chi connectivity index (χ0v) is 20.7. The summed E-state index contributed by atoms with van der Waals surface area (Å²) in [5.41, 5.74) is 1.19. The monoisotopic (exact) mass is 546 g/mol. The van der Waals surface area contributed by atoms with E-state index in [2.05, 4.69) is 4.98 Å². The van der Waals surface area contributed by atoms with E-state index in [1.165, 1.54) is 42.6 Å². The van der Waals surface area contributed by atoms with E-state index >= 15 is 0 Å². The van der Waals surface area contributed by atoms with E-state index in [1.807, 2.05) is 0 Å². The van der Waals surface area contributed by atoms with Crippen molar-refractivity contribution in [2.24, 2.45) is 0 Å². The van der Waals surface area contributed by atoms with Gasteiger partial charge in [0.2, 0.25) is 5.09 Å². The van der Waals surface area contributed by atoms with Gasteiger partial charge in [-0.05, 0) is 67.3 Å². The van der Waals surface area contributed by atoms with Crippen molar-refractivity contribution in [1.29, 1.82) is 0 Å². The van der Waals surface area contributed by atoms with Crippen LogP contribution in [0.15, 0.2) is 76.4 Å². The maximum atomic E-state index is 13.5. The highest BCUT2D eigenvalue weighted by atomic mass is 32.2. The molecule has 4 aromatic rings. The molecule has 0 bridgehead atoms. The van der Waals surface area contributed by atoms with E-state index in [4.69, 9.17) is 4.42 Å². The Morgan fingerprint density at radius 1 is 1.05 bits per heavy atom. The first-order valence-corrected chi connectivity index (χ1v) is 13.3. The van der Waals surface area contributed by atoms with Crippen LogP contribution in [0.4, 0.5) is 17.6 Å². The number of ketones is 1. The Hall–Kier alpha value is -3.57. The number of furan rings is 1. The lowest BCUT2D eigenvalue weighted by molar-refractivity contribution is -0.137. The molecule has 5 rings (SSSR count). The molecule has 1 aliphatic rings. The average Bonchev–Trinajstić information content (AvgIpc) is 3.55. The van der Waals surface area contributed by atoms with Gasteiger partial charge in [0, 0.05) is 36.2 Å². The van der Waals surface area contributed by atoms with Crippen molar-refractivity contribution in [1.82, 2.24) is 9.29 Å². The minimum absolute atomic E-state index is 0.0679. The molecule has 1 atom stereocenters. The average molecular weight is 547 g/mol. The van der Waals surface area contributed by atoms with Crippen LogP contribution in [-0.2, 0) is 27.4 Å². The van der Waals surface area contributed by atoms with Crippen molar-refractivity contribution in [2.75, 3.05) is 6.54 Å². The quantitative estimate of drug-likeness (QED) is 0.265. The second kappa shape index (κ2) is 9.95. The van der Waals surface area contributed by atoms with E-state index in [9.17, 15) is 30.8 Å². The summed E-state index contributed by atoms with van der Waals surface area (Å²) in [5, 5.41) is -0.0275. The number of halogens is 4. The normalized spacial score (nSPS) is 16.8. The summed E-state index contributed by atoms with van der Waals surface area (Å²) in [4.78, 5) is 17.3. The maximum absolute atomic E-state index is 13.5. The van der Waals surface area contributed by atoms with Crippen LogP contribution in [0, 0.1) is 5.82 Å². The molecule has 1 saturated heterocycles. The molecule has 1 fully saturated rings. The third-order valence-electron chi connectivity index (χ3n) is 6.59. The van der Waals surface area contributed by atoms with Gasteiger partial charge in [0.05, 0.1) is 17.3 Å². The first kappa shape index (κ1) is 26.1. The zero-order valence-electron chi connectivity index (χ0n) is 19.9. The zero-order chi connectivity index (χ0) is 27.1. The number of alkyl halides is 3. The van der Waals surface area contributed by atoms with Crippen LogP contribution in [0.1, 0.15) is 30.4 Å². The Bertz CT molecular complexity index is 1600. The van der Waals surface area contributed by atoms with Gasteiger partial charge in [0.1, 0.15) is 11.4 Å². The van der Waals surface area contributed by atoms with Gasteiger partial charge in [-0.25, -0.2) is 12.8 Å². The molecule has 0 radical (unpaired) electrons. The van der Waals surface area contributed by atoms with Gasteiger partial charge >= 0.3 is 6.18 Å². The molecule has 2 aromatic heterocycles. The number of rotatable bonds is 7. The summed E-state index contributed by atoms with van der Waals surface area (Å²) in [6.07, 6.45) is -1.65. The van der Waals surface area contributed by atoms with Gasteiger partial charge in [-0.1, -0.05) is 12.1 Å². The van der Waals surface area contributed by atoms with Crippen molar-refractivity contribution in [3.05, 3.63) is 83.8 Å². The van der Waals surface area contributed by atoms with Crippen molar-refractivity contribution in [2.45, 2.75) is 43.0 Å². The van der Waals surface area contributed by atoms with Gasteiger partial charge < -0.3 is 4.42 Å². The predicted molar refractivity (Wildman–Crippen MR) is 131 cm³/mol. The number of carbonyl (C=O) groups is 1. The minimum Gasteiger partial charge on any atom is -0.443 e. The summed E-state index contributed by atoms with van der Waals surface area (Å²) in [7, 11) is -4.11. The standard InChI is InChI=1S/C27H22F4N2O4S/c28-21-8-10-25-19(15-21)16-26(37-25)38(35,36)33-13-1-2-23(33)24(34)9-3-17-11-12-32-22(14-17)18-4-6-20(7-5-18)27(29,30)31/h4-8,10-12,14-16,23H,1-3,9,13H2/t23-/m0/s1. The highest BCUT2D eigenvalue weighted by molar-refractivity contribution is 7.89. The summed E-state index contributed by atoms with van der Waals surface area (Å²) in [5.74, 6) is -0.768. The molecule has 6 nitrogen and oxygen atoms in total. The van der Waals surface area contributed by atoms with Crippen LogP contribution in [-0.4, -0.2) is 36.1 Å². The molecule has 38 heavy (non-hydrogen) atoms. The lowest BCUT2D eigenvalue weighted by atomic mass is 10.0. The van der Waals surface area contributed by atoms with E-state index in [-0.39, 0.29) is 29.4 Å². The van der Waals surface area contributed by atoms with Gasteiger partial charge in [0.15, 0.2) is 5.78 Å². The minimum atomic E-state index is -4.43. The Labute approximate surface area is 215 Å². The molecular weight excluding hydrogens is 524 g/mol. The topological polar surface area (TPSA) is 80.5 Å². The number of Topliss-reactive ketones (excluding diaryl/α,β-unsaturated/α-hetero) is 1. The summed E-state index contributed by atoms with van der Waals surface area (Å²) < 4.78 is 85.2. The molecular formula is C27H22F4N2O4S.